The molecule has 27 heavy (non-hydrogen) atoms. The quantitative estimate of drug-likeness (QED) is 0.744. The Labute approximate surface area is 160 Å². The molecule has 1 aromatic carbocycles. The molecule has 1 fully saturated rings. The van der Waals surface area contributed by atoms with Crippen LogP contribution in [0, 0.1) is 0 Å². The van der Waals surface area contributed by atoms with Crippen molar-refractivity contribution in [2.45, 2.75) is 57.7 Å². The number of aromatic nitrogens is 1. The average molecular weight is 370 g/mol. The van der Waals surface area contributed by atoms with E-state index in [1.807, 2.05) is 19.1 Å². The van der Waals surface area contributed by atoms with E-state index in [0.717, 1.165) is 17.2 Å². The molecule has 1 amide bonds. The van der Waals surface area contributed by atoms with E-state index in [4.69, 9.17) is 4.74 Å². The number of alkyl halides is 1. The minimum Gasteiger partial charge on any atom is -0.489 e. The molecule has 1 aliphatic rings. The summed E-state index contributed by atoms with van der Waals surface area (Å²) >= 11 is 0. The van der Waals surface area contributed by atoms with Gasteiger partial charge in [0.05, 0.1) is 24.4 Å². The molecule has 1 atom stereocenters. The number of ether oxygens (including phenoxy) is 1. The number of nitrogens with zero attached hydrogens (tertiary/aromatic N) is 1. The summed E-state index contributed by atoms with van der Waals surface area (Å²) in [6, 6.07) is 11.6. The normalized spacial score (nSPS) is 15.3. The van der Waals surface area contributed by atoms with Crippen molar-refractivity contribution in [1.29, 1.82) is 0 Å². The van der Waals surface area contributed by atoms with Crippen molar-refractivity contribution in [3.8, 4) is 5.75 Å². The van der Waals surface area contributed by atoms with Crippen molar-refractivity contribution in [1.82, 2.24) is 10.3 Å². The lowest BCUT2D eigenvalue weighted by Gasteiger charge is -2.16. The molecule has 0 aliphatic heterocycles. The van der Waals surface area contributed by atoms with Crippen molar-refractivity contribution in [3.63, 3.8) is 0 Å². The molecular weight excluding hydrogens is 343 g/mol. The second-order valence-corrected chi connectivity index (χ2v) is 7.91. The number of hydrogen-bond acceptors (Lipinski definition) is 3. The molecule has 4 nitrogen and oxygen atoms in total. The first kappa shape index (κ1) is 19.3. The summed E-state index contributed by atoms with van der Waals surface area (Å²) in [7, 11) is 0. The molecule has 0 saturated heterocycles. The molecule has 0 spiro atoms. The summed E-state index contributed by atoms with van der Waals surface area (Å²) in [5, 5.41) is 2.97. The van der Waals surface area contributed by atoms with Crippen molar-refractivity contribution < 1.29 is 13.9 Å². The standard InChI is InChI=1S/C22H27FN2O2/c1-15(20-11-10-19(13-24-20)27-14-22(2,3)23)25-21(26)12-16-4-6-17(7-5-16)18-8-9-18/h4-7,10-11,13,15,18H,8-9,12,14H2,1-3H3,(H,25,26)/t15-/m1/s1. The van der Waals surface area contributed by atoms with Crippen LogP contribution in [0.5, 0.6) is 5.75 Å². The number of rotatable bonds is 8. The summed E-state index contributed by atoms with van der Waals surface area (Å²) in [4.78, 5) is 16.6. The van der Waals surface area contributed by atoms with Crippen LogP contribution in [-0.4, -0.2) is 23.2 Å². The van der Waals surface area contributed by atoms with Gasteiger partial charge in [0.1, 0.15) is 18.0 Å². The molecule has 2 aromatic rings. The second kappa shape index (κ2) is 8.07. The van der Waals surface area contributed by atoms with E-state index in [1.54, 1.807) is 18.3 Å². The number of carbonyl (C=O) groups is 1. The van der Waals surface area contributed by atoms with Crippen molar-refractivity contribution in [2.75, 3.05) is 6.61 Å². The van der Waals surface area contributed by atoms with Crippen molar-refractivity contribution in [3.05, 3.63) is 59.4 Å². The van der Waals surface area contributed by atoms with Gasteiger partial charge in [-0.2, -0.15) is 0 Å². The third-order valence-corrected chi connectivity index (χ3v) is 4.56. The van der Waals surface area contributed by atoms with Gasteiger partial charge < -0.3 is 10.1 Å². The number of nitrogens with one attached hydrogen (secondary N) is 1. The van der Waals surface area contributed by atoms with Gasteiger partial charge in [-0.25, -0.2) is 4.39 Å². The molecule has 144 valence electrons. The number of carbonyl (C=O) groups excluding carboxylic acids is 1. The Morgan fingerprint density at radius 1 is 1.26 bits per heavy atom. The van der Waals surface area contributed by atoms with Gasteiger partial charge in [0.25, 0.3) is 0 Å². The predicted molar refractivity (Wildman–Crippen MR) is 104 cm³/mol. The summed E-state index contributed by atoms with van der Waals surface area (Å²) in [5.41, 5.74) is 1.72. The highest BCUT2D eigenvalue weighted by atomic mass is 19.1. The molecule has 1 heterocycles. The monoisotopic (exact) mass is 370 g/mol. The maximum absolute atomic E-state index is 13.5. The molecule has 1 aliphatic carbocycles. The van der Waals surface area contributed by atoms with E-state index in [0.29, 0.717) is 12.2 Å². The lowest BCUT2D eigenvalue weighted by molar-refractivity contribution is -0.121. The van der Waals surface area contributed by atoms with E-state index in [2.05, 4.69) is 22.4 Å². The van der Waals surface area contributed by atoms with Crippen LogP contribution in [0.2, 0.25) is 0 Å². The van der Waals surface area contributed by atoms with E-state index in [-0.39, 0.29) is 18.6 Å². The first-order chi connectivity index (χ1) is 12.8. The Kier molecular flexibility index (Phi) is 5.78. The average Bonchev–Trinajstić information content (AvgIpc) is 3.45. The highest BCUT2D eigenvalue weighted by molar-refractivity contribution is 5.78. The fourth-order valence-corrected chi connectivity index (χ4v) is 2.86. The van der Waals surface area contributed by atoms with Crippen LogP contribution in [-0.2, 0) is 11.2 Å². The highest BCUT2D eigenvalue weighted by Gasteiger charge is 2.23. The van der Waals surface area contributed by atoms with Gasteiger partial charge in [0.15, 0.2) is 0 Å². The number of pyridine rings is 1. The number of halogens is 1. The molecule has 1 N–H and O–H groups in total. The lowest BCUT2D eigenvalue weighted by atomic mass is 10.1. The van der Waals surface area contributed by atoms with Gasteiger partial charge in [-0.3, -0.25) is 9.78 Å². The summed E-state index contributed by atoms with van der Waals surface area (Å²) < 4.78 is 18.8. The second-order valence-electron chi connectivity index (χ2n) is 7.91. The zero-order valence-electron chi connectivity index (χ0n) is 16.2. The third-order valence-electron chi connectivity index (χ3n) is 4.56. The van der Waals surface area contributed by atoms with E-state index in [1.165, 1.54) is 32.3 Å². The minimum absolute atomic E-state index is 0.0279. The number of amides is 1. The van der Waals surface area contributed by atoms with Gasteiger partial charge in [-0.1, -0.05) is 24.3 Å². The largest absolute Gasteiger partial charge is 0.489 e. The number of benzene rings is 1. The van der Waals surface area contributed by atoms with Gasteiger partial charge in [0.2, 0.25) is 5.91 Å². The SMILES string of the molecule is C[C@@H](NC(=O)Cc1ccc(C2CC2)cc1)c1ccc(OCC(C)(C)F)cn1. The van der Waals surface area contributed by atoms with Crippen LogP contribution in [0.15, 0.2) is 42.6 Å². The van der Waals surface area contributed by atoms with Gasteiger partial charge in [0, 0.05) is 0 Å². The molecule has 5 heteroatoms. The van der Waals surface area contributed by atoms with Crippen LogP contribution in [0.4, 0.5) is 4.39 Å². The van der Waals surface area contributed by atoms with Crippen molar-refractivity contribution >= 4 is 5.91 Å². The minimum atomic E-state index is -1.39. The van der Waals surface area contributed by atoms with Crippen molar-refractivity contribution in [2.24, 2.45) is 0 Å². The van der Waals surface area contributed by atoms with Gasteiger partial charge >= 0.3 is 0 Å². The fourth-order valence-electron chi connectivity index (χ4n) is 2.86. The van der Waals surface area contributed by atoms with E-state index in [9.17, 15) is 9.18 Å². The van der Waals surface area contributed by atoms with Gasteiger partial charge in [-0.15, -0.1) is 0 Å². The molecular formula is C22H27FN2O2. The third kappa shape index (κ3) is 6.05. The Bertz CT molecular complexity index is 762. The predicted octanol–water partition coefficient (Wildman–Crippen LogP) is 4.51. The first-order valence-corrected chi connectivity index (χ1v) is 9.46. The Morgan fingerprint density at radius 3 is 2.52 bits per heavy atom. The summed E-state index contributed by atoms with van der Waals surface area (Å²) in [6.07, 6.45) is 4.46. The Morgan fingerprint density at radius 2 is 1.96 bits per heavy atom. The molecule has 0 bridgehead atoms. The zero-order chi connectivity index (χ0) is 19.4. The summed E-state index contributed by atoms with van der Waals surface area (Å²) in [5.74, 6) is 1.20. The van der Waals surface area contributed by atoms with E-state index >= 15 is 0 Å². The topological polar surface area (TPSA) is 51.2 Å². The molecule has 1 aromatic heterocycles. The molecule has 0 unspecified atom stereocenters. The summed E-state index contributed by atoms with van der Waals surface area (Å²) in [6.45, 7) is 4.79. The maximum atomic E-state index is 13.5. The molecule has 3 rings (SSSR count). The Hall–Kier alpha value is -2.43. The lowest BCUT2D eigenvalue weighted by Crippen LogP contribution is -2.28. The van der Waals surface area contributed by atoms with Crippen LogP contribution in [0.3, 0.4) is 0 Å². The highest BCUT2D eigenvalue weighted by Crippen LogP contribution is 2.39. The van der Waals surface area contributed by atoms with Crippen LogP contribution in [0.25, 0.3) is 0 Å². The fraction of sp³-hybridized carbons (Fsp3) is 0.455. The van der Waals surface area contributed by atoms with Crippen LogP contribution < -0.4 is 10.1 Å². The number of hydrogen-bond donors (Lipinski definition) is 1. The van der Waals surface area contributed by atoms with Crippen LogP contribution >= 0.6 is 0 Å². The van der Waals surface area contributed by atoms with Crippen LogP contribution in [0.1, 0.15) is 62.4 Å². The first-order valence-electron chi connectivity index (χ1n) is 9.46. The smallest absolute Gasteiger partial charge is 0.224 e. The Balaban J connectivity index is 1.49. The van der Waals surface area contributed by atoms with E-state index < -0.39 is 5.67 Å². The molecule has 0 radical (unpaired) electrons. The zero-order valence-corrected chi connectivity index (χ0v) is 16.2. The maximum Gasteiger partial charge on any atom is 0.224 e. The van der Waals surface area contributed by atoms with Gasteiger partial charge in [-0.05, 0) is 62.8 Å². The molecule has 1 saturated carbocycles.